The number of nitrogens with two attached hydrogens (primary N) is 1. The fourth-order valence-corrected chi connectivity index (χ4v) is 3.48. The van der Waals surface area contributed by atoms with Gasteiger partial charge >= 0.3 is 0 Å². The topological polar surface area (TPSA) is 29.3 Å². The lowest BCUT2D eigenvalue weighted by molar-refractivity contribution is 0.229. The summed E-state index contributed by atoms with van der Waals surface area (Å²) in [5, 5.41) is 0. The number of fused-ring (bicyclic) bond motifs is 1. The molecule has 0 fully saturated rings. The summed E-state index contributed by atoms with van der Waals surface area (Å²) >= 11 is 3.63. The molecule has 0 spiro atoms. The van der Waals surface area contributed by atoms with Crippen LogP contribution in [-0.2, 0) is 6.54 Å². The van der Waals surface area contributed by atoms with Crippen molar-refractivity contribution >= 4 is 15.9 Å². The first-order valence-electron chi connectivity index (χ1n) is 6.95. The molecule has 2 N–H and O–H groups in total. The second-order valence-corrected chi connectivity index (χ2v) is 6.35. The van der Waals surface area contributed by atoms with Gasteiger partial charge in [-0.05, 0) is 36.2 Å². The zero-order chi connectivity index (χ0) is 14.1. The Hall–Kier alpha value is -1.16. The minimum atomic E-state index is 0.165. The SMILES string of the molecule is CN(Cc1ccccc1Br)C1CC(N)c2ccccc21. The molecule has 20 heavy (non-hydrogen) atoms. The standard InChI is InChI=1S/C17H19BrN2/c1-20(11-12-6-2-5-9-15(12)18)17-10-16(19)13-7-3-4-8-14(13)17/h2-9,16-17H,10-11,19H2,1H3. The zero-order valence-corrected chi connectivity index (χ0v) is 13.2. The molecule has 2 unspecified atom stereocenters. The van der Waals surface area contributed by atoms with Gasteiger partial charge in [0.1, 0.15) is 0 Å². The largest absolute Gasteiger partial charge is 0.324 e. The van der Waals surface area contributed by atoms with Gasteiger partial charge in [0, 0.05) is 23.1 Å². The van der Waals surface area contributed by atoms with E-state index in [1.54, 1.807) is 0 Å². The highest BCUT2D eigenvalue weighted by Gasteiger charge is 2.30. The van der Waals surface area contributed by atoms with Crippen molar-refractivity contribution in [3.63, 3.8) is 0 Å². The number of rotatable bonds is 3. The van der Waals surface area contributed by atoms with E-state index in [9.17, 15) is 0 Å². The van der Waals surface area contributed by atoms with Gasteiger partial charge in [0.2, 0.25) is 0 Å². The van der Waals surface area contributed by atoms with Crippen molar-refractivity contribution in [2.75, 3.05) is 7.05 Å². The number of benzene rings is 2. The smallest absolute Gasteiger partial charge is 0.0369 e. The van der Waals surface area contributed by atoms with Crippen LogP contribution in [-0.4, -0.2) is 11.9 Å². The van der Waals surface area contributed by atoms with Crippen molar-refractivity contribution in [2.24, 2.45) is 5.73 Å². The van der Waals surface area contributed by atoms with Crippen molar-refractivity contribution in [3.05, 3.63) is 69.7 Å². The Morgan fingerprint density at radius 2 is 1.75 bits per heavy atom. The molecule has 2 aromatic rings. The van der Waals surface area contributed by atoms with Crippen LogP contribution in [0.3, 0.4) is 0 Å². The highest BCUT2D eigenvalue weighted by atomic mass is 79.9. The third-order valence-electron chi connectivity index (χ3n) is 4.14. The van der Waals surface area contributed by atoms with Gasteiger partial charge in [0.25, 0.3) is 0 Å². The third-order valence-corrected chi connectivity index (χ3v) is 4.91. The maximum absolute atomic E-state index is 6.26. The van der Waals surface area contributed by atoms with Crippen LogP contribution in [0.5, 0.6) is 0 Å². The van der Waals surface area contributed by atoms with Gasteiger partial charge < -0.3 is 5.73 Å². The van der Waals surface area contributed by atoms with E-state index in [1.165, 1.54) is 21.2 Å². The Kier molecular flexibility index (Phi) is 3.92. The zero-order valence-electron chi connectivity index (χ0n) is 11.6. The van der Waals surface area contributed by atoms with Crippen LogP contribution < -0.4 is 5.73 Å². The maximum Gasteiger partial charge on any atom is 0.0369 e. The van der Waals surface area contributed by atoms with E-state index in [-0.39, 0.29) is 6.04 Å². The molecule has 0 aliphatic heterocycles. The van der Waals surface area contributed by atoms with Crippen LogP contribution >= 0.6 is 15.9 Å². The fourth-order valence-electron chi connectivity index (χ4n) is 3.07. The van der Waals surface area contributed by atoms with E-state index < -0.39 is 0 Å². The highest BCUT2D eigenvalue weighted by molar-refractivity contribution is 9.10. The number of halogens is 1. The molecule has 0 bridgehead atoms. The van der Waals surface area contributed by atoms with Gasteiger partial charge in [0.05, 0.1) is 0 Å². The molecule has 0 amide bonds. The first-order valence-corrected chi connectivity index (χ1v) is 7.74. The van der Waals surface area contributed by atoms with Gasteiger partial charge in [-0.3, -0.25) is 4.90 Å². The first kappa shape index (κ1) is 13.8. The Labute approximate surface area is 128 Å². The summed E-state index contributed by atoms with van der Waals surface area (Å²) in [5.74, 6) is 0. The molecule has 1 aliphatic rings. The molecule has 104 valence electrons. The molecule has 0 saturated carbocycles. The van der Waals surface area contributed by atoms with E-state index in [4.69, 9.17) is 5.73 Å². The van der Waals surface area contributed by atoms with Crippen molar-refractivity contribution in [3.8, 4) is 0 Å². The number of nitrogens with zero attached hydrogens (tertiary/aromatic N) is 1. The Bertz CT molecular complexity index is 611. The molecule has 2 nitrogen and oxygen atoms in total. The summed E-state index contributed by atoms with van der Waals surface area (Å²) in [6, 6.07) is 17.5. The summed E-state index contributed by atoms with van der Waals surface area (Å²) in [4.78, 5) is 2.39. The molecule has 0 heterocycles. The Morgan fingerprint density at radius 3 is 2.50 bits per heavy atom. The highest BCUT2D eigenvalue weighted by Crippen LogP contribution is 2.40. The van der Waals surface area contributed by atoms with Gasteiger partial charge in [-0.15, -0.1) is 0 Å². The van der Waals surface area contributed by atoms with E-state index in [2.05, 4.69) is 70.3 Å². The van der Waals surface area contributed by atoms with Crippen LogP contribution in [0.1, 0.15) is 35.2 Å². The van der Waals surface area contributed by atoms with Gasteiger partial charge in [-0.25, -0.2) is 0 Å². The predicted octanol–water partition coefficient (Wildman–Crippen LogP) is 4.03. The third kappa shape index (κ3) is 2.53. The van der Waals surface area contributed by atoms with Crippen LogP contribution in [0.2, 0.25) is 0 Å². The average molecular weight is 331 g/mol. The second-order valence-electron chi connectivity index (χ2n) is 5.49. The van der Waals surface area contributed by atoms with E-state index in [0.717, 1.165) is 13.0 Å². The lowest BCUT2D eigenvalue weighted by Gasteiger charge is -2.25. The molecule has 1 aliphatic carbocycles. The molecule has 3 rings (SSSR count). The van der Waals surface area contributed by atoms with E-state index >= 15 is 0 Å². The van der Waals surface area contributed by atoms with E-state index in [1.807, 2.05) is 6.07 Å². The summed E-state index contributed by atoms with van der Waals surface area (Å²) in [6.07, 6.45) is 1.00. The van der Waals surface area contributed by atoms with Crippen LogP contribution in [0.4, 0.5) is 0 Å². The quantitative estimate of drug-likeness (QED) is 0.920. The minimum absolute atomic E-state index is 0.165. The lowest BCUT2D eigenvalue weighted by atomic mass is 10.1. The maximum atomic E-state index is 6.26. The van der Waals surface area contributed by atoms with Crippen molar-refractivity contribution < 1.29 is 0 Å². The minimum Gasteiger partial charge on any atom is -0.324 e. The predicted molar refractivity (Wildman–Crippen MR) is 86.3 cm³/mol. The average Bonchev–Trinajstić information content (AvgIpc) is 2.79. The van der Waals surface area contributed by atoms with Crippen molar-refractivity contribution in [1.29, 1.82) is 0 Å². The van der Waals surface area contributed by atoms with Gasteiger partial charge in [-0.2, -0.15) is 0 Å². The summed E-state index contributed by atoms with van der Waals surface area (Å²) in [6.45, 7) is 0.924. The molecule has 0 radical (unpaired) electrons. The Balaban J connectivity index is 1.83. The monoisotopic (exact) mass is 330 g/mol. The van der Waals surface area contributed by atoms with Crippen LogP contribution in [0.15, 0.2) is 53.0 Å². The van der Waals surface area contributed by atoms with Crippen LogP contribution in [0, 0.1) is 0 Å². The summed E-state index contributed by atoms with van der Waals surface area (Å²) in [5.41, 5.74) is 10.3. The molecule has 0 aromatic heterocycles. The normalized spacial score (nSPS) is 21.2. The Morgan fingerprint density at radius 1 is 1.10 bits per heavy atom. The van der Waals surface area contributed by atoms with Crippen molar-refractivity contribution in [1.82, 2.24) is 4.90 Å². The lowest BCUT2D eigenvalue weighted by Crippen LogP contribution is -2.23. The molecule has 0 saturated heterocycles. The molecule has 2 atom stereocenters. The van der Waals surface area contributed by atoms with Crippen molar-refractivity contribution in [2.45, 2.75) is 25.0 Å². The molecule has 2 aromatic carbocycles. The summed E-state index contributed by atoms with van der Waals surface area (Å²) < 4.78 is 1.17. The first-order chi connectivity index (χ1) is 9.66. The number of hydrogen-bond donors (Lipinski definition) is 1. The number of hydrogen-bond acceptors (Lipinski definition) is 2. The van der Waals surface area contributed by atoms with Gasteiger partial charge in [-0.1, -0.05) is 58.4 Å². The van der Waals surface area contributed by atoms with Gasteiger partial charge in [0.15, 0.2) is 0 Å². The van der Waals surface area contributed by atoms with E-state index in [0.29, 0.717) is 6.04 Å². The molecular formula is C17H19BrN2. The molecular weight excluding hydrogens is 312 g/mol. The second kappa shape index (κ2) is 5.68. The fraction of sp³-hybridized carbons (Fsp3) is 0.294. The molecule has 3 heteroatoms. The van der Waals surface area contributed by atoms with Crippen LogP contribution in [0.25, 0.3) is 0 Å². The summed E-state index contributed by atoms with van der Waals surface area (Å²) in [7, 11) is 2.18.